The van der Waals surface area contributed by atoms with Crippen LogP contribution >= 0.6 is 15.9 Å². The normalized spacial score (nSPS) is 12.8. The lowest BCUT2D eigenvalue weighted by Gasteiger charge is -2.14. The SMILES string of the molecule is Cc1cc(C(F)(F)F)n2nc(C(=O)NC(C)c3ccc(-n4cccc4)cc3)c(Br)c2n1. The summed E-state index contributed by atoms with van der Waals surface area (Å²) in [5, 5.41) is 6.67. The van der Waals surface area contributed by atoms with Gasteiger partial charge in [-0.15, -0.1) is 0 Å². The number of nitrogens with one attached hydrogen (secondary N) is 1. The van der Waals surface area contributed by atoms with Crippen molar-refractivity contribution in [2.24, 2.45) is 0 Å². The Bertz CT molecular complexity index is 1250. The summed E-state index contributed by atoms with van der Waals surface area (Å²) < 4.78 is 42.9. The van der Waals surface area contributed by atoms with Crippen molar-refractivity contribution in [1.82, 2.24) is 24.5 Å². The summed E-state index contributed by atoms with van der Waals surface area (Å²) in [6.07, 6.45) is -0.794. The Kier molecular flexibility index (Phi) is 5.34. The number of aryl methyl sites for hydroxylation is 1. The second-order valence-corrected chi connectivity index (χ2v) is 7.85. The first-order valence-corrected chi connectivity index (χ1v) is 10.1. The van der Waals surface area contributed by atoms with E-state index in [2.05, 4.69) is 31.3 Å². The molecule has 10 heteroatoms. The molecule has 6 nitrogen and oxygen atoms in total. The van der Waals surface area contributed by atoms with Crippen LogP contribution in [0.1, 0.15) is 40.4 Å². The van der Waals surface area contributed by atoms with Gasteiger partial charge in [-0.2, -0.15) is 18.3 Å². The third kappa shape index (κ3) is 4.07. The Morgan fingerprint density at radius 3 is 2.42 bits per heavy atom. The van der Waals surface area contributed by atoms with E-state index >= 15 is 0 Å². The number of rotatable bonds is 4. The molecule has 1 atom stereocenters. The molecule has 3 heterocycles. The summed E-state index contributed by atoms with van der Waals surface area (Å²) in [7, 11) is 0. The minimum Gasteiger partial charge on any atom is -0.344 e. The summed E-state index contributed by atoms with van der Waals surface area (Å²) in [5.74, 6) is -0.606. The van der Waals surface area contributed by atoms with E-state index in [9.17, 15) is 18.0 Å². The molecule has 0 radical (unpaired) electrons. The van der Waals surface area contributed by atoms with Crippen LogP contribution in [0.4, 0.5) is 13.2 Å². The number of carbonyl (C=O) groups is 1. The molecule has 4 aromatic rings. The molecule has 31 heavy (non-hydrogen) atoms. The number of amides is 1. The molecule has 4 rings (SSSR count). The lowest BCUT2D eigenvalue weighted by Crippen LogP contribution is -2.27. The molecule has 0 aliphatic carbocycles. The second kappa shape index (κ2) is 7.84. The number of aromatic nitrogens is 4. The Hall–Kier alpha value is -3.14. The van der Waals surface area contributed by atoms with E-state index < -0.39 is 17.8 Å². The van der Waals surface area contributed by atoms with Crippen LogP contribution < -0.4 is 5.32 Å². The zero-order valence-corrected chi connectivity index (χ0v) is 18.1. The van der Waals surface area contributed by atoms with E-state index in [0.29, 0.717) is 4.52 Å². The molecule has 0 spiro atoms. The molecule has 1 amide bonds. The number of fused-ring (bicyclic) bond motifs is 1. The molecule has 0 saturated carbocycles. The number of hydrogen-bond acceptors (Lipinski definition) is 3. The van der Waals surface area contributed by atoms with Crippen LogP contribution in [0, 0.1) is 6.92 Å². The standard InChI is InChI=1S/C21H17BrF3N5O/c1-12-11-16(21(23,24)25)30-19(26-12)17(22)18(28-30)20(31)27-13(2)14-5-7-15(8-6-14)29-9-3-4-10-29/h3-11,13H,1-2H3,(H,27,31). The number of nitrogens with zero attached hydrogens (tertiary/aromatic N) is 4. The number of halogens is 4. The maximum absolute atomic E-state index is 13.4. The highest BCUT2D eigenvalue weighted by Crippen LogP contribution is 2.32. The van der Waals surface area contributed by atoms with Gasteiger partial charge in [-0.1, -0.05) is 12.1 Å². The fraction of sp³-hybridized carbons (Fsp3) is 0.190. The van der Waals surface area contributed by atoms with Crippen molar-refractivity contribution in [3.05, 3.63) is 82.0 Å². The maximum atomic E-state index is 13.4. The predicted molar refractivity (Wildman–Crippen MR) is 112 cm³/mol. The van der Waals surface area contributed by atoms with E-state index in [1.54, 1.807) is 6.92 Å². The van der Waals surface area contributed by atoms with Gasteiger partial charge in [-0.25, -0.2) is 9.50 Å². The summed E-state index contributed by atoms with van der Waals surface area (Å²) in [5.41, 5.74) is 0.748. The van der Waals surface area contributed by atoms with Gasteiger partial charge in [0.05, 0.1) is 10.5 Å². The lowest BCUT2D eigenvalue weighted by molar-refractivity contribution is -0.142. The fourth-order valence-corrected chi connectivity index (χ4v) is 3.77. The zero-order valence-electron chi connectivity index (χ0n) is 16.5. The molecular weight excluding hydrogens is 475 g/mol. The molecule has 0 bridgehead atoms. The third-order valence-electron chi connectivity index (χ3n) is 4.81. The zero-order chi connectivity index (χ0) is 22.3. The molecule has 3 aromatic heterocycles. The van der Waals surface area contributed by atoms with Gasteiger partial charge in [0.2, 0.25) is 0 Å². The van der Waals surface area contributed by atoms with Crippen LogP contribution in [0.3, 0.4) is 0 Å². The molecule has 1 unspecified atom stereocenters. The molecule has 0 saturated heterocycles. The van der Waals surface area contributed by atoms with Gasteiger partial charge >= 0.3 is 6.18 Å². The highest BCUT2D eigenvalue weighted by atomic mass is 79.9. The minimum absolute atomic E-state index is 0.0683. The van der Waals surface area contributed by atoms with Crippen molar-refractivity contribution in [3.8, 4) is 5.69 Å². The molecule has 0 aliphatic heterocycles. The van der Waals surface area contributed by atoms with Crippen LogP contribution in [0.5, 0.6) is 0 Å². The number of benzene rings is 1. The summed E-state index contributed by atoms with van der Waals surface area (Å²) in [6, 6.07) is 11.9. The fourth-order valence-electron chi connectivity index (χ4n) is 3.25. The Morgan fingerprint density at radius 1 is 1.16 bits per heavy atom. The highest BCUT2D eigenvalue weighted by Gasteiger charge is 2.36. The van der Waals surface area contributed by atoms with Gasteiger partial charge in [0.25, 0.3) is 5.91 Å². The molecule has 0 fully saturated rings. The average molecular weight is 492 g/mol. The van der Waals surface area contributed by atoms with Crippen molar-refractivity contribution in [2.75, 3.05) is 0 Å². The number of carbonyl (C=O) groups excluding carboxylic acids is 1. The molecule has 1 N–H and O–H groups in total. The van der Waals surface area contributed by atoms with E-state index in [4.69, 9.17) is 0 Å². The van der Waals surface area contributed by atoms with Gasteiger partial charge in [-0.05, 0) is 65.7 Å². The first-order valence-electron chi connectivity index (χ1n) is 9.32. The van der Waals surface area contributed by atoms with E-state index in [1.807, 2.05) is 53.4 Å². The second-order valence-electron chi connectivity index (χ2n) is 7.06. The smallest absolute Gasteiger partial charge is 0.344 e. The monoisotopic (exact) mass is 491 g/mol. The first-order chi connectivity index (χ1) is 14.6. The van der Waals surface area contributed by atoms with E-state index in [0.717, 1.165) is 17.3 Å². The van der Waals surface area contributed by atoms with Crippen LogP contribution in [0.15, 0.2) is 59.3 Å². The van der Waals surface area contributed by atoms with Crippen molar-refractivity contribution in [1.29, 1.82) is 0 Å². The Morgan fingerprint density at radius 2 is 1.81 bits per heavy atom. The largest absolute Gasteiger partial charge is 0.433 e. The van der Waals surface area contributed by atoms with Crippen molar-refractivity contribution >= 4 is 27.5 Å². The Balaban J connectivity index is 1.60. The quantitative estimate of drug-likeness (QED) is 0.431. The first kappa shape index (κ1) is 21.1. The molecular formula is C21H17BrF3N5O. The van der Waals surface area contributed by atoms with Crippen LogP contribution in [0.25, 0.3) is 11.3 Å². The van der Waals surface area contributed by atoms with Crippen LogP contribution in [-0.4, -0.2) is 25.1 Å². The predicted octanol–water partition coefficient (Wildman–Crippen LogP) is 5.10. The van der Waals surface area contributed by atoms with E-state index in [1.165, 1.54) is 6.92 Å². The topological polar surface area (TPSA) is 64.2 Å². The highest BCUT2D eigenvalue weighted by molar-refractivity contribution is 9.10. The Labute approximate surface area is 183 Å². The minimum atomic E-state index is -4.64. The summed E-state index contributed by atoms with van der Waals surface area (Å²) in [4.78, 5) is 16.9. The van der Waals surface area contributed by atoms with Crippen LogP contribution in [0.2, 0.25) is 0 Å². The van der Waals surface area contributed by atoms with Gasteiger partial charge in [-0.3, -0.25) is 4.79 Å². The van der Waals surface area contributed by atoms with Crippen molar-refractivity contribution < 1.29 is 18.0 Å². The van der Waals surface area contributed by atoms with Gasteiger partial charge < -0.3 is 9.88 Å². The van der Waals surface area contributed by atoms with Crippen molar-refractivity contribution in [2.45, 2.75) is 26.1 Å². The lowest BCUT2D eigenvalue weighted by atomic mass is 10.1. The molecule has 1 aromatic carbocycles. The average Bonchev–Trinajstić information content (AvgIpc) is 3.36. The summed E-state index contributed by atoms with van der Waals surface area (Å²) >= 11 is 3.19. The van der Waals surface area contributed by atoms with Gasteiger partial charge in [0.1, 0.15) is 5.69 Å². The van der Waals surface area contributed by atoms with Crippen molar-refractivity contribution in [3.63, 3.8) is 0 Å². The summed E-state index contributed by atoms with van der Waals surface area (Å²) in [6.45, 7) is 3.24. The maximum Gasteiger partial charge on any atom is 0.433 e. The third-order valence-corrected chi connectivity index (χ3v) is 5.54. The van der Waals surface area contributed by atoms with Crippen LogP contribution in [-0.2, 0) is 6.18 Å². The molecule has 160 valence electrons. The number of hydrogen-bond donors (Lipinski definition) is 1. The molecule has 0 aliphatic rings. The van der Waals surface area contributed by atoms with Gasteiger partial charge in [0.15, 0.2) is 11.3 Å². The van der Waals surface area contributed by atoms with E-state index in [-0.39, 0.29) is 27.5 Å². The number of alkyl halides is 3. The van der Waals surface area contributed by atoms with Gasteiger partial charge in [0, 0.05) is 23.8 Å².